The topological polar surface area (TPSA) is 99.1 Å². The summed E-state index contributed by atoms with van der Waals surface area (Å²) in [6, 6.07) is 24.0. The number of rotatable bonds is 8. The fourth-order valence-corrected chi connectivity index (χ4v) is 5.31. The van der Waals surface area contributed by atoms with Crippen LogP contribution in [0.3, 0.4) is 0 Å². The summed E-state index contributed by atoms with van der Waals surface area (Å²) in [6.07, 6.45) is 0.0702. The lowest BCUT2D eigenvalue weighted by Gasteiger charge is -2.41. The van der Waals surface area contributed by atoms with Crippen LogP contribution in [-0.2, 0) is 22.6 Å². The van der Waals surface area contributed by atoms with Crippen molar-refractivity contribution in [3.8, 4) is 5.75 Å². The molecule has 1 heterocycles. The van der Waals surface area contributed by atoms with Crippen molar-refractivity contribution in [1.29, 1.82) is 0 Å². The summed E-state index contributed by atoms with van der Waals surface area (Å²) in [6.45, 7) is 2.17. The Balaban J connectivity index is 1.55. The van der Waals surface area contributed by atoms with Crippen molar-refractivity contribution >= 4 is 11.8 Å². The molecular formula is C31H32N2O5. The summed E-state index contributed by atoms with van der Waals surface area (Å²) in [5, 5.41) is 23.7. The van der Waals surface area contributed by atoms with Crippen LogP contribution in [-0.4, -0.2) is 58.3 Å². The van der Waals surface area contributed by atoms with E-state index < -0.39 is 24.2 Å². The Kier molecular flexibility index (Phi) is 7.58. The summed E-state index contributed by atoms with van der Waals surface area (Å²) < 4.78 is 6.19. The number of amides is 2. The van der Waals surface area contributed by atoms with E-state index in [4.69, 9.17) is 4.74 Å². The van der Waals surface area contributed by atoms with Crippen LogP contribution in [0.1, 0.15) is 28.2 Å². The van der Waals surface area contributed by atoms with Crippen molar-refractivity contribution in [2.75, 3.05) is 13.2 Å². The number of aliphatic hydroxyl groups is 2. The molecule has 0 spiro atoms. The number of nitrogens with one attached hydrogen (secondary N) is 1. The van der Waals surface area contributed by atoms with Gasteiger partial charge >= 0.3 is 0 Å². The fraction of sp³-hybridized carbons (Fsp3) is 0.290. The number of benzene rings is 3. The number of aryl methyl sites for hydroxylation is 1. The number of carbonyl (C=O) groups is 2. The monoisotopic (exact) mass is 512 g/mol. The van der Waals surface area contributed by atoms with Crippen LogP contribution in [0.2, 0.25) is 0 Å². The average molecular weight is 513 g/mol. The van der Waals surface area contributed by atoms with Crippen molar-refractivity contribution < 1.29 is 24.5 Å². The third kappa shape index (κ3) is 5.21. The van der Waals surface area contributed by atoms with Gasteiger partial charge in [-0.05, 0) is 30.2 Å². The van der Waals surface area contributed by atoms with Crippen molar-refractivity contribution in [2.24, 2.45) is 0 Å². The number of ether oxygens (including phenoxy) is 1. The van der Waals surface area contributed by atoms with Gasteiger partial charge in [0.15, 0.2) is 0 Å². The van der Waals surface area contributed by atoms with Gasteiger partial charge in [0.25, 0.3) is 0 Å². The highest BCUT2D eigenvalue weighted by Gasteiger charge is 2.50. The Labute approximate surface area is 222 Å². The SMILES string of the molecule is Cc1ccc(CN(C(=O)Cc2ccccc2)C2C=C(C(=O)NCCO)C3c4ccccc4OC3C2O)cc1. The van der Waals surface area contributed by atoms with E-state index in [0.29, 0.717) is 11.3 Å². The summed E-state index contributed by atoms with van der Waals surface area (Å²) in [5.74, 6) is -0.386. The highest BCUT2D eigenvalue weighted by atomic mass is 16.5. The van der Waals surface area contributed by atoms with E-state index in [1.807, 2.05) is 85.8 Å². The molecule has 3 N–H and O–H groups in total. The van der Waals surface area contributed by atoms with Gasteiger partial charge in [-0.3, -0.25) is 9.59 Å². The summed E-state index contributed by atoms with van der Waals surface area (Å²) in [7, 11) is 0. The zero-order valence-corrected chi connectivity index (χ0v) is 21.3. The number of fused-ring (bicyclic) bond motifs is 3. The van der Waals surface area contributed by atoms with Crippen molar-refractivity contribution in [1.82, 2.24) is 10.2 Å². The molecule has 38 heavy (non-hydrogen) atoms. The molecule has 3 aromatic rings. The van der Waals surface area contributed by atoms with Gasteiger partial charge in [0.2, 0.25) is 11.8 Å². The van der Waals surface area contributed by atoms with E-state index >= 15 is 0 Å². The van der Waals surface area contributed by atoms with Gasteiger partial charge in [0.1, 0.15) is 18.0 Å². The predicted octanol–water partition coefficient (Wildman–Crippen LogP) is 2.89. The minimum absolute atomic E-state index is 0.100. The Bertz CT molecular complexity index is 1320. The van der Waals surface area contributed by atoms with Gasteiger partial charge in [0.05, 0.1) is 25.0 Å². The molecule has 7 nitrogen and oxygen atoms in total. The summed E-state index contributed by atoms with van der Waals surface area (Å²) in [4.78, 5) is 28.8. The Morgan fingerprint density at radius 2 is 1.66 bits per heavy atom. The summed E-state index contributed by atoms with van der Waals surface area (Å²) >= 11 is 0. The second-order valence-electron chi connectivity index (χ2n) is 9.85. The van der Waals surface area contributed by atoms with E-state index in [-0.39, 0.29) is 37.9 Å². The molecule has 1 aliphatic heterocycles. The van der Waals surface area contributed by atoms with Crippen LogP contribution in [0, 0.1) is 6.92 Å². The maximum absolute atomic E-state index is 13.8. The number of nitrogens with zero attached hydrogens (tertiary/aromatic N) is 1. The zero-order valence-electron chi connectivity index (χ0n) is 21.3. The molecule has 0 radical (unpaired) electrons. The molecule has 0 aromatic heterocycles. The first-order valence-corrected chi connectivity index (χ1v) is 12.9. The minimum Gasteiger partial charge on any atom is -0.486 e. The number of aliphatic hydroxyl groups excluding tert-OH is 2. The van der Waals surface area contributed by atoms with Gasteiger partial charge in [-0.1, -0.05) is 78.4 Å². The Morgan fingerprint density at radius 3 is 2.39 bits per heavy atom. The molecule has 0 bridgehead atoms. The molecule has 3 aromatic carbocycles. The van der Waals surface area contributed by atoms with Crippen LogP contribution in [0.15, 0.2) is 90.5 Å². The quantitative estimate of drug-likeness (QED) is 0.431. The second-order valence-corrected chi connectivity index (χ2v) is 9.85. The van der Waals surface area contributed by atoms with Gasteiger partial charge in [-0.2, -0.15) is 0 Å². The lowest BCUT2D eigenvalue weighted by atomic mass is 9.77. The number of hydrogen-bond acceptors (Lipinski definition) is 5. The van der Waals surface area contributed by atoms with E-state index in [1.165, 1.54) is 0 Å². The van der Waals surface area contributed by atoms with Gasteiger partial charge < -0.3 is 25.2 Å². The molecule has 0 fully saturated rings. The van der Waals surface area contributed by atoms with Crippen LogP contribution >= 0.6 is 0 Å². The molecule has 5 rings (SSSR count). The normalized spacial score (nSPS) is 21.5. The van der Waals surface area contributed by atoms with Crippen molar-refractivity contribution in [3.63, 3.8) is 0 Å². The molecule has 2 aliphatic rings. The molecule has 4 atom stereocenters. The largest absolute Gasteiger partial charge is 0.486 e. The maximum Gasteiger partial charge on any atom is 0.247 e. The van der Waals surface area contributed by atoms with Crippen LogP contribution in [0.25, 0.3) is 0 Å². The minimum atomic E-state index is -1.06. The number of hydrogen-bond donors (Lipinski definition) is 3. The highest BCUT2D eigenvalue weighted by molar-refractivity contribution is 5.96. The van der Waals surface area contributed by atoms with Crippen LogP contribution in [0.4, 0.5) is 0 Å². The molecule has 7 heteroatoms. The van der Waals surface area contributed by atoms with Crippen LogP contribution in [0.5, 0.6) is 5.75 Å². The molecule has 196 valence electrons. The third-order valence-electron chi connectivity index (χ3n) is 7.23. The lowest BCUT2D eigenvalue weighted by Crippen LogP contribution is -2.55. The first-order valence-electron chi connectivity index (χ1n) is 12.9. The van der Waals surface area contributed by atoms with E-state index in [0.717, 1.165) is 22.3 Å². The zero-order chi connectivity index (χ0) is 26.6. The molecular weight excluding hydrogens is 480 g/mol. The maximum atomic E-state index is 13.8. The first kappa shape index (κ1) is 25.7. The second kappa shape index (κ2) is 11.2. The van der Waals surface area contributed by atoms with E-state index in [1.54, 1.807) is 11.0 Å². The van der Waals surface area contributed by atoms with E-state index in [2.05, 4.69) is 5.32 Å². The number of carbonyl (C=O) groups excluding carboxylic acids is 2. The smallest absolute Gasteiger partial charge is 0.247 e. The van der Waals surface area contributed by atoms with Crippen LogP contribution < -0.4 is 10.1 Å². The van der Waals surface area contributed by atoms with Gasteiger partial charge in [0, 0.05) is 24.2 Å². The standard InChI is InChI=1S/C31H32N2O5/c1-20-11-13-22(14-12-20)19-33(27(35)17-21-7-3-2-4-8-21)25-18-24(31(37)32-15-16-34)28-23-9-5-6-10-26(23)38-30(28)29(25)36/h2-14,18,25,28-30,34,36H,15-17,19H2,1H3,(H,32,37). The predicted molar refractivity (Wildman–Crippen MR) is 143 cm³/mol. The lowest BCUT2D eigenvalue weighted by molar-refractivity contribution is -0.137. The molecule has 0 saturated carbocycles. The third-order valence-corrected chi connectivity index (χ3v) is 7.23. The molecule has 4 unspecified atom stereocenters. The molecule has 0 saturated heterocycles. The molecule has 1 aliphatic carbocycles. The van der Waals surface area contributed by atoms with Crippen molar-refractivity contribution in [3.05, 3.63) is 113 Å². The van der Waals surface area contributed by atoms with Gasteiger partial charge in [-0.25, -0.2) is 0 Å². The Hall–Kier alpha value is -3.94. The van der Waals surface area contributed by atoms with Crippen molar-refractivity contribution in [2.45, 2.75) is 44.1 Å². The first-order chi connectivity index (χ1) is 18.5. The fourth-order valence-electron chi connectivity index (χ4n) is 5.31. The van der Waals surface area contributed by atoms with Gasteiger partial charge in [-0.15, -0.1) is 0 Å². The average Bonchev–Trinajstić information content (AvgIpc) is 3.33. The molecule has 2 amide bonds. The number of para-hydroxylation sites is 1. The highest BCUT2D eigenvalue weighted by Crippen LogP contribution is 2.47. The summed E-state index contributed by atoms with van der Waals surface area (Å²) in [5.41, 5.74) is 4.13. The van der Waals surface area contributed by atoms with E-state index in [9.17, 15) is 19.8 Å². The Morgan fingerprint density at radius 1 is 0.947 bits per heavy atom.